The zero-order valence-electron chi connectivity index (χ0n) is 12.7. The Labute approximate surface area is 123 Å². The Morgan fingerprint density at radius 3 is 2.45 bits per heavy atom. The molecule has 20 heavy (non-hydrogen) atoms. The predicted octanol–water partition coefficient (Wildman–Crippen LogP) is 4.59. The molecule has 1 atom stereocenters. The Kier molecular flexibility index (Phi) is 4.26. The zero-order valence-corrected chi connectivity index (χ0v) is 12.7. The Bertz CT molecular complexity index is 456. The fourth-order valence-corrected chi connectivity index (χ4v) is 4.08. The highest BCUT2D eigenvalue weighted by Crippen LogP contribution is 2.49. The number of allylic oxidation sites excluding steroid dienone is 1. The lowest BCUT2D eigenvalue weighted by Gasteiger charge is -2.50. The van der Waals surface area contributed by atoms with Crippen LogP contribution in [0.2, 0.25) is 0 Å². The van der Waals surface area contributed by atoms with Gasteiger partial charge in [0.1, 0.15) is 0 Å². The van der Waals surface area contributed by atoms with Crippen LogP contribution in [0.25, 0.3) is 0 Å². The minimum absolute atomic E-state index is 0.362. The van der Waals surface area contributed by atoms with E-state index in [1.54, 1.807) is 11.1 Å². The van der Waals surface area contributed by atoms with Gasteiger partial charge in [0.25, 0.3) is 0 Å². The van der Waals surface area contributed by atoms with Crippen LogP contribution in [0.3, 0.4) is 0 Å². The topological polar surface area (TPSA) is 12.0 Å². The first-order valence-electron chi connectivity index (χ1n) is 8.34. The lowest BCUT2D eigenvalue weighted by molar-refractivity contribution is 0.186. The molecular weight excluding hydrogens is 242 g/mol. The summed E-state index contributed by atoms with van der Waals surface area (Å²) >= 11 is 0. The molecule has 0 radical (unpaired) electrons. The fourth-order valence-electron chi connectivity index (χ4n) is 4.08. The van der Waals surface area contributed by atoms with Crippen molar-refractivity contribution >= 4 is 0 Å². The first kappa shape index (κ1) is 13.9. The molecule has 1 unspecified atom stereocenters. The smallest absolute Gasteiger partial charge is 0.0377 e. The van der Waals surface area contributed by atoms with Gasteiger partial charge in [0.2, 0.25) is 0 Å². The summed E-state index contributed by atoms with van der Waals surface area (Å²) in [6, 6.07) is 11.8. The maximum Gasteiger partial charge on any atom is 0.0377 e. The first-order chi connectivity index (χ1) is 9.87. The maximum atomic E-state index is 3.83. The number of benzene rings is 1. The van der Waals surface area contributed by atoms with Gasteiger partial charge in [-0.15, -0.1) is 0 Å². The van der Waals surface area contributed by atoms with Gasteiger partial charge in [-0.3, -0.25) is 0 Å². The third-order valence-corrected chi connectivity index (χ3v) is 5.25. The van der Waals surface area contributed by atoms with E-state index in [4.69, 9.17) is 0 Å². The van der Waals surface area contributed by atoms with Gasteiger partial charge in [-0.25, -0.2) is 0 Å². The number of hydrogen-bond donors (Lipinski definition) is 1. The van der Waals surface area contributed by atoms with Crippen molar-refractivity contribution < 1.29 is 0 Å². The standard InChI is InChI=1S/C19H27N/c1-2-20-18(16-10-5-3-6-11-16)19(14-9-15-19)17-12-7-4-8-13-17/h4,7-8,10,12-13,18,20H,2-3,5-6,9,11,14-15H2,1H3. The fraction of sp³-hybridized carbons (Fsp3) is 0.579. The van der Waals surface area contributed by atoms with Crippen molar-refractivity contribution in [1.82, 2.24) is 5.32 Å². The molecule has 1 aromatic rings. The lowest BCUT2D eigenvalue weighted by atomic mass is 9.58. The highest BCUT2D eigenvalue weighted by molar-refractivity contribution is 5.36. The number of hydrogen-bond acceptors (Lipinski definition) is 1. The van der Waals surface area contributed by atoms with Crippen molar-refractivity contribution in [2.24, 2.45) is 0 Å². The molecule has 1 heteroatoms. The van der Waals surface area contributed by atoms with Crippen molar-refractivity contribution in [2.45, 2.75) is 63.3 Å². The SMILES string of the molecule is CCNC(C1=CCCCC1)C1(c2ccccc2)CCC1. The van der Waals surface area contributed by atoms with Gasteiger partial charge in [0.05, 0.1) is 0 Å². The van der Waals surface area contributed by atoms with E-state index in [-0.39, 0.29) is 0 Å². The van der Waals surface area contributed by atoms with Gasteiger partial charge in [0.15, 0.2) is 0 Å². The average Bonchev–Trinajstić information content (AvgIpc) is 2.47. The van der Waals surface area contributed by atoms with Crippen LogP contribution in [-0.2, 0) is 5.41 Å². The van der Waals surface area contributed by atoms with E-state index in [1.165, 1.54) is 44.9 Å². The van der Waals surface area contributed by atoms with E-state index in [2.05, 4.69) is 48.6 Å². The van der Waals surface area contributed by atoms with Crippen LogP contribution in [0, 0.1) is 0 Å². The zero-order chi connectivity index (χ0) is 13.8. The van der Waals surface area contributed by atoms with Crippen molar-refractivity contribution in [3.05, 3.63) is 47.5 Å². The molecule has 0 bridgehead atoms. The van der Waals surface area contributed by atoms with Gasteiger partial charge in [0, 0.05) is 11.5 Å². The quantitative estimate of drug-likeness (QED) is 0.771. The molecule has 2 aliphatic rings. The van der Waals surface area contributed by atoms with Crippen LogP contribution in [0.15, 0.2) is 42.0 Å². The largest absolute Gasteiger partial charge is 0.310 e. The summed E-state index contributed by atoms with van der Waals surface area (Å²) in [5.41, 5.74) is 3.59. The van der Waals surface area contributed by atoms with E-state index in [1.807, 2.05) is 0 Å². The van der Waals surface area contributed by atoms with E-state index >= 15 is 0 Å². The van der Waals surface area contributed by atoms with Crippen LogP contribution >= 0.6 is 0 Å². The lowest BCUT2D eigenvalue weighted by Crippen LogP contribution is -2.53. The summed E-state index contributed by atoms with van der Waals surface area (Å²) in [7, 11) is 0. The van der Waals surface area contributed by atoms with Gasteiger partial charge in [-0.2, -0.15) is 0 Å². The average molecular weight is 269 g/mol. The first-order valence-corrected chi connectivity index (χ1v) is 8.34. The molecule has 0 spiro atoms. The molecule has 1 saturated carbocycles. The molecule has 1 N–H and O–H groups in total. The predicted molar refractivity (Wildman–Crippen MR) is 86.0 cm³/mol. The molecule has 0 aromatic heterocycles. The van der Waals surface area contributed by atoms with Crippen molar-refractivity contribution in [2.75, 3.05) is 6.54 Å². The van der Waals surface area contributed by atoms with Gasteiger partial charge < -0.3 is 5.32 Å². The Hall–Kier alpha value is -1.08. The normalized spacial score (nSPS) is 22.8. The Morgan fingerprint density at radius 1 is 1.10 bits per heavy atom. The van der Waals surface area contributed by atoms with Crippen LogP contribution in [0.4, 0.5) is 0 Å². The van der Waals surface area contributed by atoms with Gasteiger partial charge in [-0.05, 0) is 50.6 Å². The molecule has 0 heterocycles. The summed E-state index contributed by atoms with van der Waals surface area (Å²) in [4.78, 5) is 0. The summed E-state index contributed by atoms with van der Waals surface area (Å²) in [6.45, 7) is 3.31. The molecular formula is C19H27N. The number of likely N-dealkylation sites (N-methyl/N-ethyl adjacent to an activating group) is 1. The van der Waals surface area contributed by atoms with Crippen molar-refractivity contribution in [3.8, 4) is 0 Å². The number of nitrogens with one attached hydrogen (secondary N) is 1. The van der Waals surface area contributed by atoms with Gasteiger partial charge >= 0.3 is 0 Å². The summed E-state index contributed by atoms with van der Waals surface area (Å²) in [5.74, 6) is 0. The van der Waals surface area contributed by atoms with Crippen LogP contribution < -0.4 is 5.32 Å². The minimum atomic E-state index is 0.362. The summed E-state index contributed by atoms with van der Waals surface area (Å²) < 4.78 is 0. The molecule has 2 aliphatic carbocycles. The summed E-state index contributed by atoms with van der Waals surface area (Å²) in [5, 5.41) is 3.83. The van der Waals surface area contributed by atoms with E-state index in [9.17, 15) is 0 Å². The Balaban J connectivity index is 1.93. The molecule has 3 rings (SSSR count). The highest BCUT2D eigenvalue weighted by atomic mass is 14.9. The minimum Gasteiger partial charge on any atom is -0.310 e. The molecule has 108 valence electrons. The third-order valence-electron chi connectivity index (χ3n) is 5.25. The summed E-state index contributed by atoms with van der Waals surface area (Å²) in [6.07, 6.45) is 11.9. The molecule has 1 aromatic carbocycles. The molecule has 0 saturated heterocycles. The van der Waals surface area contributed by atoms with Crippen LogP contribution in [0.1, 0.15) is 57.4 Å². The van der Waals surface area contributed by atoms with E-state index < -0.39 is 0 Å². The maximum absolute atomic E-state index is 3.83. The second kappa shape index (κ2) is 6.13. The van der Waals surface area contributed by atoms with Gasteiger partial charge in [-0.1, -0.05) is 55.3 Å². The Morgan fingerprint density at radius 2 is 1.90 bits per heavy atom. The van der Waals surface area contributed by atoms with Crippen LogP contribution in [-0.4, -0.2) is 12.6 Å². The third kappa shape index (κ3) is 2.44. The molecule has 1 nitrogen and oxygen atoms in total. The molecule has 0 amide bonds. The van der Waals surface area contributed by atoms with Crippen molar-refractivity contribution in [3.63, 3.8) is 0 Å². The van der Waals surface area contributed by atoms with Crippen molar-refractivity contribution in [1.29, 1.82) is 0 Å². The molecule has 0 aliphatic heterocycles. The second-order valence-corrected chi connectivity index (χ2v) is 6.39. The van der Waals surface area contributed by atoms with E-state index in [0.29, 0.717) is 11.5 Å². The second-order valence-electron chi connectivity index (χ2n) is 6.39. The van der Waals surface area contributed by atoms with Crippen LogP contribution in [0.5, 0.6) is 0 Å². The highest BCUT2D eigenvalue weighted by Gasteiger charge is 2.46. The number of rotatable bonds is 5. The molecule has 1 fully saturated rings. The monoisotopic (exact) mass is 269 g/mol. The van der Waals surface area contributed by atoms with E-state index in [0.717, 1.165) is 6.54 Å².